The molecule has 1 aromatic heterocycles. The smallest absolute Gasteiger partial charge is 0.320 e. The summed E-state index contributed by atoms with van der Waals surface area (Å²) in [5.74, 6) is 0.560. The summed E-state index contributed by atoms with van der Waals surface area (Å²) in [4.78, 5) is 11.7. The normalized spacial score (nSPS) is 10.3. The number of anilines is 1. The van der Waals surface area contributed by atoms with Gasteiger partial charge in [0.05, 0.1) is 0 Å². The molecule has 2 amide bonds. The molecule has 0 saturated heterocycles. The average molecular weight is 337 g/mol. The lowest BCUT2D eigenvalue weighted by atomic mass is 10.1. The van der Waals surface area contributed by atoms with Crippen molar-refractivity contribution in [3.8, 4) is 0 Å². The Morgan fingerprint density at radius 2 is 2.20 bits per heavy atom. The molecule has 0 aliphatic carbocycles. The molecule has 1 heterocycles. The van der Waals surface area contributed by atoms with Crippen LogP contribution >= 0.6 is 15.9 Å². The maximum Gasteiger partial charge on any atom is 0.320 e. The van der Waals surface area contributed by atoms with Crippen molar-refractivity contribution in [3.63, 3.8) is 0 Å². The van der Waals surface area contributed by atoms with Crippen LogP contribution in [0.25, 0.3) is 0 Å². The van der Waals surface area contributed by atoms with E-state index in [0.29, 0.717) is 12.4 Å². The molecule has 0 atom stereocenters. The molecule has 0 saturated carbocycles. The van der Waals surface area contributed by atoms with Crippen LogP contribution in [0.15, 0.2) is 34.8 Å². The molecule has 0 aliphatic rings. The van der Waals surface area contributed by atoms with Crippen molar-refractivity contribution in [2.75, 3.05) is 11.9 Å². The standard InChI is InChI=1S/C14H17BrN4O/c1-10-8-13(18-19(10)2)17-14(20)16-7-6-11-4-3-5-12(15)9-11/h3-5,8-9H,6-7H2,1-2H3,(H2,16,17,18,20). The number of hydrogen-bond donors (Lipinski definition) is 2. The number of nitrogens with zero attached hydrogens (tertiary/aromatic N) is 2. The maximum atomic E-state index is 11.7. The predicted octanol–water partition coefficient (Wildman–Crippen LogP) is 2.86. The monoisotopic (exact) mass is 336 g/mol. The fraction of sp³-hybridized carbons (Fsp3) is 0.286. The van der Waals surface area contributed by atoms with Gasteiger partial charge in [-0.25, -0.2) is 4.79 Å². The van der Waals surface area contributed by atoms with E-state index in [-0.39, 0.29) is 6.03 Å². The lowest BCUT2D eigenvalue weighted by Gasteiger charge is -2.06. The molecule has 6 heteroatoms. The van der Waals surface area contributed by atoms with Gasteiger partial charge in [0.2, 0.25) is 0 Å². The van der Waals surface area contributed by atoms with Crippen LogP contribution in [0, 0.1) is 6.92 Å². The van der Waals surface area contributed by atoms with E-state index in [0.717, 1.165) is 16.6 Å². The highest BCUT2D eigenvalue weighted by Gasteiger charge is 2.05. The van der Waals surface area contributed by atoms with E-state index < -0.39 is 0 Å². The van der Waals surface area contributed by atoms with Crippen molar-refractivity contribution < 1.29 is 4.79 Å². The fourth-order valence-corrected chi connectivity index (χ4v) is 2.24. The first-order valence-electron chi connectivity index (χ1n) is 6.34. The first kappa shape index (κ1) is 14.6. The van der Waals surface area contributed by atoms with Crippen molar-refractivity contribution in [2.45, 2.75) is 13.3 Å². The zero-order valence-electron chi connectivity index (χ0n) is 11.5. The molecule has 5 nitrogen and oxygen atoms in total. The Kier molecular flexibility index (Phi) is 4.79. The van der Waals surface area contributed by atoms with E-state index in [1.54, 1.807) is 4.68 Å². The number of aryl methyl sites for hydroxylation is 2. The summed E-state index contributed by atoms with van der Waals surface area (Å²) in [5.41, 5.74) is 2.17. The summed E-state index contributed by atoms with van der Waals surface area (Å²) in [6.45, 7) is 2.51. The number of hydrogen-bond acceptors (Lipinski definition) is 2. The molecule has 0 radical (unpaired) electrons. The van der Waals surface area contributed by atoms with Crippen molar-refractivity contribution in [2.24, 2.45) is 7.05 Å². The van der Waals surface area contributed by atoms with E-state index >= 15 is 0 Å². The van der Waals surface area contributed by atoms with Gasteiger partial charge >= 0.3 is 6.03 Å². The summed E-state index contributed by atoms with van der Waals surface area (Å²) in [6, 6.07) is 9.63. The van der Waals surface area contributed by atoms with Crippen LogP contribution in [0.2, 0.25) is 0 Å². The number of halogens is 1. The highest BCUT2D eigenvalue weighted by atomic mass is 79.9. The molecule has 2 aromatic rings. The van der Waals surface area contributed by atoms with Gasteiger partial charge in [-0.1, -0.05) is 28.1 Å². The van der Waals surface area contributed by atoms with Crippen molar-refractivity contribution in [1.29, 1.82) is 0 Å². The maximum absolute atomic E-state index is 11.7. The van der Waals surface area contributed by atoms with Crippen LogP contribution in [0.1, 0.15) is 11.3 Å². The number of urea groups is 1. The van der Waals surface area contributed by atoms with Gasteiger partial charge in [0, 0.05) is 29.8 Å². The highest BCUT2D eigenvalue weighted by molar-refractivity contribution is 9.10. The molecule has 0 aliphatic heterocycles. The minimum Gasteiger partial charge on any atom is -0.337 e. The van der Waals surface area contributed by atoms with Crippen molar-refractivity contribution in [3.05, 3.63) is 46.1 Å². The van der Waals surface area contributed by atoms with Crippen molar-refractivity contribution >= 4 is 27.8 Å². The fourth-order valence-electron chi connectivity index (χ4n) is 1.80. The molecule has 1 aromatic carbocycles. The Morgan fingerprint density at radius 3 is 2.85 bits per heavy atom. The average Bonchev–Trinajstić information content (AvgIpc) is 2.68. The first-order valence-corrected chi connectivity index (χ1v) is 7.14. The number of rotatable bonds is 4. The van der Waals surface area contributed by atoms with Crippen LogP contribution in [-0.4, -0.2) is 22.4 Å². The second kappa shape index (κ2) is 6.56. The summed E-state index contributed by atoms with van der Waals surface area (Å²) >= 11 is 3.43. The van der Waals surface area contributed by atoms with E-state index in [1.165, 1.54) is 5.56 Å². The van der Waals surface area contributed by atoms with Crippen LogP contribution in [0.4, 0.5) is 10.6 Å². The van der Waals surface area contributed by atoms with Gasteiger partial charge in [-0.2, -0.15) is 5.10 Å². The third kappa shape index (κ3) is 4.09. The summed E-state index contributed by atoms with van der Waals surface area (Å²) in [6.07, 6.45) is 0.786. The molecular formula is C14H17BrN4O. The Labute approximate surface area is 126 Å². The Morgan fingerprint density at radius 1 is 1.40 bits per heavy atom. The highest BCUT2D eigenvalue weighted by Crippen LogP contribution is 2.11. The zero-order valence-corrected chi connectivity index (χ0v) is 13.1. The third-order valence-corrected chi connectivity index (χ3v) is 3.44. The van der Waals surface area contributed by atoms with Gasteiger partial charge < -0.3 is 5.32 Å². The molecule has 20 heavy (non-hydrogen) atoms. The summed E-state index contributed by atoms with van der Waals surface area (Å²) in [5, 5.41) is 9.69. The molecule has 0 unspecified atom stereocenters. The number of amides is 2. The number of aromatic nitrogens is 2. The number of nitrogens with one attached hydrogen (secondary N) is 2. The van der Waals surface area contributed by atoms with Crippen molar-refractivity contribution in [1.82, 2.24) is 15.1 Å². The Bertz CT molecular complexity index is 589. The molecular weight excluding hydrogens is 320 g/mol. The van der Waals surface area contributed by atoms with Gasteiger partial charge in [0.15, 0.2) is 5.82 Å². The lowest BCUT2D eigenvalue weighted by molar-refractivity contribution is 0.252. The largest absolute Gasteiger partial charge is 0.337 e. The lowest BCUT2D eigenvalue weighted by Crippen LogP contribution is -2.30. The SMILES string of the molecule is Cc1cc(NC(=O)NCCc2cccc(Br)c2)nn1C. The summed E-state index contributed by atoms with van der Waals surface area (Å²) < 4.78 is 2.76. The van der Waals surface area contributed by atoms with Gasteiger partial charge in [0.25, 0.3) is 0 Å². The number of benzene rings is 1. The van der Waals surface area contributed by atoms with E-state index in [9.17, 15) is 4.79 Å². The second-order valence-electron chi connectivity index (χ2n) is 4.56. The number of carbonyl (C=O) groups is 1. The van der Waals surface area contributed by atoms with E-state index in [1.807, 2.05) is 44.3 Å². The second-order valence-corrected chi connectivity index (χ2v) is 5.47. The molecule has 0 bridgehead atoms. The third-order valence-electron chi connectivity index (χ3n) is 2.94. The van der Waals surface area contributed by atoms with Crippen LogP contribution in [0.3, 0.4) is 0 Å². The van der Waals surface area contributed by atoms with Crippen LogP contribution < -0.4 is 10.6 Å². The van der Waals surface area contributed by atoms with Gasteiger partial charge in [-0.3, -0.25) is 10.00 Å². The van der Waals surface area contributed by atoms with Gasteiger partial charge in [0.1, 0.15) is 0 Å². The van der Waals surface area contributed by atoms with Gasteiger partial charge in [-0.05, 0) is 31.0 Å². The van der Waals surface area contributed by atoms with Gasteiger partial charge in [-0.15, -0.1) is 0 Å². The molecule has 2 N–H and O–H groups in total. The van der Waals surface area contributed by atoms with E-state index in [2.05, 4.69) is 31.7 Å². The predicted molar refractivity (Wildman–Crippen MR) is 82.8 cm³/mol. The first-order chi connectivity index (χ1) is 9.54. The number of carbonyl (C=O) groups excluding carboxylic acids is 1. The minimum absolute atomic E-state index is 0.238. The Hall–Kier alpha value is -1.82. The topological polar surface area (TPSA) is 59.0 Å². The molecule has 0 spiro atoms. The van der Waals surface area contributed by atoms with Crippen LogP contribution in [0.5, 0.6) is 0 Å². The quantitative estimate of drug-likeness (QED) is 0.901. The molecule has 2 rings (SSSR count). The zero-order chi connectivity index (χ0) is 14.5. The Balaban J connectivity index is 1.78. The van der Waals surface area contributed by atoms with E-state index in [4.69, 9.17) is 0 Å². The molecule has 0 fully saturated rings. The van der Waals surface area contributed by atoms with Crippen LogP contribution in [-0.2, 0) is 13.5 Å². The minimum atomic E-state index is -0.238. The summed E-state index contributed by atoms with van der Waals surface area (Å²) in [7, 11) is 1.84. The molecule has 106 valence electrons.